The first-order valence-corrected chi connectivity index (χ1v) is 13.6. The molecule has 1 aromatic heterocycles. The van der Waals surface area contributed by atoms with Gasteiger partial charge in [0.15, 0.2) is 0 Å². The predicted molar refractivity (Wildman–Crippen MR) is 152 cm³/mol. The van der Waals surface area contributed by atoms with Crippen LogP contribution in [0.15, 0.2) is 79.0 Å². The molecule has 39 heavy (non-hydrogen) atoms. The first kappa shape index (κ1) is 26.4. The molecule has 1 aliphatic rings. The molecule has 1 aliphatic carbocycles. The van der Waals surface area contributed by atoms with Crippen LogP contribution in [0.1, 0.15) is 41.3 Å². The number of hydrogen-bond acceptors (Lipinski definition) is 4. The topological polar surface area (TPSA) is 74.9 Å². The number of nitrogens with one attached hydrogen (secondary N) is 1. The number of amides is 2. The lowest BCUT2D eigenvalue weighted by molar-refractivity contribution is -0.132. The minimum Gasteiger partial charge on any atom is -0.496 e. The highest BCUT2D eigenvalue weighted by atomic mass is 16.5. The number of benzene rings is 3. The van der Waals surface area contributed by atoms with Crippen LogP contribution in [-0.2, 0) is 17.8 Å². The molecular formula is C32H35N3O4. The highest BCUT2D eigenvalue weighted by Crippen LogP contribution is 2.30. The molecule has 0 unspecified atom stereocenters. The Morgan fingerprint density at radius 3 is 2.46 bits per heavy atom. The van der Waals surface area contributed by atoms with E-state index in [9.17, 15) is 9.59 Å². The third kappa shape index (κ3) is 6.25. The lowest BCUT2D eigenvalue weighted by Crippen LogP contribution is -2.44. The van der Waals surface area contributed by atoms with Crippen LogP contribution in [0.3, 0.4) is 0 Å². The fourth-order valence-electron chi connectivity index (χ4n) is 4.94. The Kier molecular flexibility index (Phi) is 8.16. The van der Waals surface area contributed by atoms with Gasteiger partial charge in [-0.1, -0.05) is 42.5 Å². The number of carbonyl (C=O) groups excluding carboxylic acids is 2. The number of nitrogens with zero attached hydrogens (tertiary/aromatic N) is 2. The number of carbonyl (C=O) groups is 2. The minimum absolute atomic E-state index is 0.0342. The predicted octanol–water partition coefficient (Wildman–Crippen LogP) is 5.45. The van der Waals surface area contributed by atoms with Crippen LogP contribution in [0.2, 0.25) is 0 Å². The second-order valence-electron chi connectivity index (χ2n) is 9.87. The lowest BCUT2D eigenvalue weighted by atomic mass is 10.1. The van der Waals surface area contributed by atoms with Crippen molar-refractivity contribution >= 4 is 22.7 Å². The summed E-state index contributed by atoms with van der Waals surface area (Å²) >= 11 is 0. The zero-order valence-electron chi connectivity index (χ0n) is 22.6. The Labute approximate surface area is 229 Å². The molecule has 0 aliphatic heterocycles. The molecule has 7 heteroatoms. The Morgan fingerprint density at radius 1 is 0.974 bits per heavy atom. The van der Waals surface area contributed by atoms with Gasteiger partial charge < -0.3 is 24.3 Å². The fourth-order valence-corrected chi connectivity index (χ4v) is 4.94. The first-order valence-electron chi connectivity index (χ1n) is 13.6. The van der Waals surface area contributed by atoms with Crippen molar-refractivity contribution in [2.24, 2.45) is 0 Å². The van der Waals surface area contributed by atoms with Gasteiger partial charge in [-0.15, -0.1) is 0 Å². The monoisotopic (exact) mass is 525 g/mol. The van der Waals surface area contributed by atoms with Gasteiger partial charge in [-0.2, -0.15) is 0 Å². The molecule has 5 rings (SSSR count). The number of fused-ring (bicyclic) bond motifs is 1. The van der Waals surface area contributed by atoms with E-state index in [1.54, 1.807) is 24.1 Å². The van der Waals surface area contributed by atoms with E-state index in [1.807, 2.05) is 66.6 Å². The van der Waals surface area contributed by atoms with Gasteiger partial charge in [-0.05, 0) is 67.6 Å². The number of rotatable bonds is 12. The van der Waals surface area contributed by atoms with Crippen molar-refractivity contribution < 1.29 is 19.1 Å². The summed E-state index contributed by atoms with van der Waals surface area (Å²) < 4.78 is 11.0. The number of para-hydroxylation sites is 2. The van der Waals surface area contributed by atoms with Gasteiger partial charge in [0.2, 0.25) is 5.91 Å². The van der Waals surface area contributed by atoms with Gasteiger partial charge in [0.25, 0.3) is 5.91 Å². The van der Waals surface area contributed by atoms with E-state index in [4.69, 9.17) is 9.47 Å². The third-order valence-corrected chi connectivity index (χ3v) is 7.18. The summed E-state index contributed by atoms with van der Waals surface area (Å²) in [6.45, 7) is 3.58. The molecule has 0 radical (unpaired) electrons. The van der Waals surface area contributed by atoms with Crippen LogP contribution in [0.4, 0.5) is 0 Å². The van der Waals surface area contributed by atoms with Gasteiger partial charge in [-0.25, -0.2) is 0 Å². The van der Waals surface area contributed by atoms with Crippen LogP contribution >= 0.6 is 0 Å². The van der Waals surface area contributed by atoms with Crippen molar-refractivity contribution in [2.75, 3.05) is 26.8 Å². The van der Waals surface area contributed by atoms with Crippen LogP contribution in [0, 0.1) is 0 Å². The average Bonchev–Trinajstić information content (AvgIpc) is 3.73. The molecular weight excluding hydrogens is 490 g/mol. The summed E-state index contributed by atoms with van der Waals surface area (Å²) in [4.78, 5) is 34.3. The average molecular weight is 526 g/mol. The van der Waals surface area contributed by atoms with Gasteiger partial charge in [0, 0.05) is 36.2 Å². The van der Waals surface area contributed by atoms with Crippen LogP contribution < -0.4 is 9.47 Å². The van der Waals surface area contributed by atoms with E-state index in [0.717, 1.165) is 35.1 Å². The van der Waals surface area contributed by atoms with E-state index < -0.39 is 0 Å². The standard InChI is InChI=1S/C32H35N3O4/c1-3-39-26-16-12-23(13-17-26)21-34(19-18-24-20-33-29-10-6-4-8-27(24)29)31(36)22-35(25-14-15-25)32(37)28-9-5-7-11-30(28)38-2/h4-13,16-17,20,25,33H,3,14-15,18-19,21-22H2,1-2H3. The molecule has 0 saturated heterocycles. The van der Waals surface area contributed by atoms with Crippen LogP contribution in [0.25, 0.3) is 10.9 Å². The summed E-state index contributed by atoms with van der Waals surface area (Å²) in [7, 11) is 1.56. The number of methoxy groups -OCH3 is 1. The van der Waals surface area contributed by atoms with E-state index in [-0.39, 0.29) is 24.4 Å². The minimum atomic E-state index is -0.166. The summed E-state index contributed by atoms with van der Waals surface area (Å²) in [5.41, 5.74) is 3.75. The summed E-state index contributed by atoms with van der Waals surface area (Å²) in [5.74, 6) is 1.09. The molecule has 7 nitrogen and oxygen atoms in total. The first-order chi connectivity index (χ1) is 19.1. The zero-order chi connectivity index (χ0) is 27.2. The molecule has 0 bridgehead atoms. The molecule has 1 heterocycles. The number of ether oxygens (including phenoxy) is 2. The highest BCUT2D eigenvalue weighted by Gasteiger charge is 2.36. The molecule has 1 fully saturated rings. The maximum absolute atomic E-state index is 13.8. The van der Waals surface area contributed by atoms with Crippen LogP contribution in [0.5, 0.6) is 11.5 Å². The van der Waals surface area contributed by atoms with Crippen molar-refractivity contribution in [2.45, 2.75) is 38.8 Å². The van der Waals surface area contributed by atoms with E-state index in [1.165, 1.54) is 5.56 Å². The van der Waals surface area contributed by atoms with Crippen LogP contribution in [-0.4, -0.2) is 59.4 Å². The van der Waals surface area contributed by atoms with Crippen molar-refractivity contribution in [3.63, 3.8) is 0 Å². The number of hydrogen-bond donors (Lipinski definition) is 1. The summed E-state index contributed by atoms with van der Waals surface area (Å²) in [6.07, 6.45) is 4.54. The van der Waals surface area contributed by atoms with E-state index in [2.05, 4.69) is 17.1 Å². The Bertz CT molecular complexity index is 1420. The maximum Gasteiger partial charge on any atom is 0.258 e. The van der Waals surface area contributed by atoms with Gasteiger partial charge in [0.1, 0.15) is 18.0 Å². The molecule has 0 spiro atoms. The van der Waals surface area contributed by atoms with Crippen molar-refractivity contribution in [3.05, 3.63) is 95.7 Å². The molecule has 202 valence electrons. The van der Waals surface area contributed by atoms with Crippen molar-refractivity contribution in [1.29, 1.82) is 0 Å². The molecule has 2 amide bonds. The molecule has 0 atom stereocenters. The maximum atomic E-state index is 13.8. The SMILES string of the molecule is CCOc1ccc(CN(CCc2c[nH]c3ccccc23)C(=O)CN(C(=O)c2ccccc2OC)C2CC2)cc1. The molecule has 4 aromatic rings. The number of aromatic amines is 1. The van der Waals surface area contributed by atoms with Crippen molar-refractivity contribution in [3.8, 4) is 11.5 Å². The summed E-state index contributed by atoms with van der Waals surface area (Å²) in [6, 6.07) is 23.3. The van der Waals surface area contributed by atoms with Gasteiger partial charge in [-0.3, -0.25) is 9.59 Å². The quantitative estimate of drug-likeness (QED) is 0.267. The Balaban J connectivity index is 1.36. The van der Waals surface area contributed by atoms with Gasteiger partial charge in [0.05, 0.1) is 19.3 Å². The lowest BCUT2D eigenvalue weighted by Gasteiger charge is -2.28. The number of H-pyrrole nitrogens is 1. The van der Waals surface area contributed by atoms with Crippen molar-refractivity contribution in [1.82, 2.24) is 14.8 Å². The summed E-state index contributed by atoms with van der Waals surface area (Å²) in [5, 5.41) is 1.16. The number of aromatic nitrogens is 1. The van der Waals surface area contributed by atoms with E-state index >= 15 is 0 Å². The smallest absolute Gasteiger partial charge is 0.258 e. The normalized spacial score (nSPS) is 12.8. The Hall–Kier alpha value is -4.26. The molecule has 3 aromatic carbocycles. The Morgan fingerprint density at radius 2 is 1.72 bits per heavy atom. The largest absolute Gasteiger partial charge is 0.496 e. The molecule has 1 saturated carbocycles. The van der Waals surface area contributed by atoms with Gasteiger partial charge >= 0.3 is 0 Å². The highest BCUT2D eigenvalue weighted by molar-refractivity contribution is 5.99. The zero-order valence-corrected chi connectivity index (χ0v) is 22.6. The third-order valence-electron chi connectivity index (χ3n) is 7.18. The molecule has 1 N–H and O–H groups in total. The van der Waals surface area contributed by atoms with E-state index in [0.29, 0.717) is 37.4 Å². The second kappa shape index (κ2) is 12.1. The fraction of sp³-hybridized carbons (Fsp3) is 0.312. The second-order valence-corrected chi connectivity index (χ2v) is 9.87.